The quantitative estimate of drug-likeness (QED) is 0.367. The number of halogens is 1. The fourth-order valence-electron chi connectivity index (χ4n) is 4.19. The summed E-state index contributed by atoms with van der Waals surface area (Å²) in [5.74, 6) is -1.96. The molecule has 34 heavy (non-hydrogen) atoms. The smallest absolute Gasteiger partial charge is 0.310 e. The molecule has 11 heteroatoms. The third-order valence-corrected chi connectivity index (χ3v) is 6.37. The molecule has 3 amide bonds. The third-order valence-electron chi connectivity index (χ3n) is 5.95. The van der Waals surface area contributed by atoms with Crippen molar-refractivity contribution in [2.75, 3.05) is 18.9 Å². The number of nitrogens with two attached hydrogens (primary N) is 1. The maximum absolute atomic E-state index is 13.4. The van der Waals surface area contributed by atoms with Crippen LogP contribution in [0.1, 0.15) is 50.4 Å². The normalized spacial score (nSPS) is 23.0. The van der Waals surface area contributed by atoms with Crippen molar-refractivity contribution in [1.29, 1.82) is 0 Å². The highest BCUT2D eigenvalue weighted by Gasteiger charge is 2.42. The van der Waals surface area contributed by atoms with Crippen LogP contribution >= 0.6 is 11.6 Å². The van der Waals surface area contributed by atoms with Crippen molar-refractivity contribution < 1.29 is 28.7 Å². The number of nitrogens with one attached hydrogen (secondary N) is 2. The SMILES string of the molecule is CCO[C@@H]1OC(=O)C[C@H]1NC(=O)[C@@H]1CCCN1C(=O)[C@@H](NC(=O)c1cccc(N)c1Cl)C(C)C. The van der Waals surface area contributed by atoms with Crippen molar-refractivity contribution in [3.8, 4) is 0 Å². The van der Waals surface area contributed by atoms with Gasteiger partial charge in [-0.15, -0.1) is 0 Å². The number of hydrogen-bond acceptors (Lipinski definition) is 7. The Morgan fingerprint density at radius 2 is 2.06 bits per heavy atom. The molecule has 0 spiro atoms. The molecule has 186 valence electrons. The van der Waals surface area contributed by atoms with E-state index in [2.05, 4.69) is 10.6 Å². The van der Waals surface area contributed by atoms with E-state index in [1.165, 1.54) is 11.0 Å². The summed E-state index contributed by atoms with van der Waals surface area (Å²) in [6, 6.07) is 2.50. The van der Waals surface area contributed by atoms with Crippen LogP contribution in [0.15, 0.2) is 18.2 Å². The number of amides is 3. The summed E-state index contributed by atoms with van der Waals surface area (Å²) in [4.78, 5) is 52.5. The number of carbonyl (C=O) groups is 4. The molecule has 2 aliphatic rings. The predicted octanol–water partition coefficient (Wildman–Crippen LogP) is 1.46. The van der Waals surface area contributed by atoms with Gasteiger partial charge in [0, 0.05) is 13.2 Å². The molecule has 2 saturated heterocycles. The van der Waals surface area contributed by atoms with Gasteiger partial charge in [-0.1, -0.05) is 31.5 Å². The van der Waals surface area contributed by atoms with Gasteiger partial charge in [-0.3, -0.25) is 19.2 Å². The summed E-state index contributed by atoms with van der Waals surface area (Å²) in [5, 5.41) is 5.67. The molecule has 0 bridgehead atoms. The van der Waals surface area contributed by atoms with Crippen molar-refractivity contribution in [3.05, 3.63) is 28.8 Å². The van der Waals surface area contributed by atoms with E-state index < -0.39 is 36.3 Å². The Morgan fingerprint density at radius 3 is 2.74 bits per heavy atom. The Morgan fingerprint density at radius 1 is 1.32 bits per heavy atom. The molecule has 2 heterocycles. The first-order valence-corrected chi connectivity index (χ1v) is 11.8. The lowest BCUT2D eigenvalue weighted by atomic mass is 10.0. The van der Waals surface area contributed by atoms with Gasteiger partial charge in [0.05, 0.1) is 22.7 Å². The Kier molecular flexibility index (Phi) is 8.37. The molecule has 0 aromatic heterocycles. The Balaban J connectivity index is 1.71. The molecular weight excluding hydrogens is 464 g/mol. The van der Waals surface area contributed by atoms with Gasteiger partial charge in [-0.2, -0.15) is 0 Å². The van der Waals surface area contributed by atoms with Gasteiger partial charge in [-0.05, 0) is 37.8 Å². The van der Waals surface area contributed by atoms with Crippen LogP contribution in [0, 0.1) is 5.92 Å². The summed E-state index contributed by atoms with van der Waals surface area (Å²) < 4.78 is 10.5. The minimum atomic E-state index is -0.869. The zero-order chi connectivity index (χ0) is 25.0. The third kappa shape index (κ3) is 5.61. The van der Waals surface area contributed by atoms with Crippen molar-refractivity contribution in [2.45, 2.75) is 64.4 Å². The lowest BCUT2D eigenvalue weighted by Gasteiger charge is -2.31. The van der Waals surface area contributed by atoms with Gasteiger partial charge < -0.3 is 30.7 Å². The van der Waals surface area contributed by atoms with Gasteiger partial charge in [0.1, 0.15) is 18.1 Å². The van der Waals surface area contributed by atoms with Crippen LogP contribution < -0.4 is 16.4 Å². The highest BCUT2D eigenvalue weighted by atomic mass is 35.5. The maximum Gasteiger partial charge on any atom is 0.310 e. The Bertz CT molecular complexity index is 955. The minimum Gasteiger partial charge on any atom is -0.433 e. The standard InChI is InChI=1S/C23H31ClN4O6/c1-4-33-23-15(11-17(29)34-23)26-21(31)16-9-6-10-28(16)22(32)19(12(2)3)27-20(30)13-7-5-8-14(25)18(13)24/h5,7-8,12,15-16,19,23H,4,6,9-11,25H2,1-3H3,(H,26,31)(H,27,30)/t15-,16+,19+,23-/m1/s1. The van der Waals surface area contributed by atoms with E-state index in [9.17, 15) is 19.2 Å². The fraction of sp³-hybridized carbons (Fsp3) is 0.565. The maximum atomic E-state index is 13.4. The van der Waals surface area contributed by atoms with Crippen molar-refractivity contribution in [3.63, 3.8) is 0 Å². The average molecular weight is 495 g/mol. The highest BCUT2D eigenvalue weighted by molar-refractivity contribution is 6.36. The first-order valence-electron chi connectivity index (χ1n) is 11.4. The number of likely N-dealkylation sites (tertiary alicyclic amines) is 1. The van der Waals surface area contributed by atoms with Crippen molar-refractivity contribution in [2.24, 2.45) is 5.92 Å². The number of hydrogen-bond donors (Lipinski definition) is 3. The van der Waals surface area contributed by atoms with Gasteiger partial charge >= 0.3 is 5.97 Å². The number of ether oxygens (including phenoxy) is 2. The number of esters is 1. The lowest BCUT2D eigenvalue weighted by molar-refractivity contribution is -0.164. The summed E-state index contributed by atoms with van der Waals surface area (Å²) in [6.45, 7) is 6.08. The monoisotopic (exact) mass is 494 g/mol. The molecule has 1 aromatic rings. The topological polar surface area (TPSA) is 140 Å². The van der Waals surface area contributed by atoms with E-state index in [1.807, 2.05) is 13.8 Å². The number of benzene rings is 1. The highest BCUT2D eigenvalue weighted by Crippen LogP contribution is 2.25. The van der Waals surface area contributed by atoms with Crippen LogP contribution in [0.2, 0.25) is 5.02 Å². The van der Waals surface area contributed by atoms with Crippen LogP contribution in [-0.2, 0) is 23.9 Å². The molecule has 4 N–H and O–H groups in total. The number of carbonyl (C=O) groups excluding carboxylic acids is 4. The zero-order valence-corrected chi connectivity index (χ0v) is 20.3. The number of anilines is 1. The van der Waals surface area contributed by atoms with Crippen LogP contribution in [0.4, 0.5) is 5.69 Å². The predicted molar refractivity (Wildman–Crippen MR) is 125 cm³/mol. The Hall–Kier alpha value is -2.85. The van der Waals surface area contributed by atoms with Gasteiger partial charge in [0.15, 0.2) is 0 Å². The summed E-state index contributed by atoms with van der Waals surface area (Å²) in [5.41, 5.74) is 6.23. The molecule has 0 aliphatic carbocycles. The first kappa shape index (κ1) is 25.8. The molecule has 3 rings (SSSR count). The molecular formula is C23H31ClN4O6. The average Bonchev–Trinajstić information content (AvgIpc) is 3.40. The fourth-order valence-corrected chi connectivity index (χ4v) is 4.40. The van der Waals surface area contributed by atoms with Crippen LogP contribution in [0.3, 0.4) is 0 Å². The van der Waals surface area contributed by atoms with E-state index in [0.717, 1.165) is 0 Å². The van der Waals surface area contributed by atoms with Crippen LogP contribution in [0.25, 0.3) is 0 Å². The molecule has 1 aromatic carbocycles. The van der Waals surface area contributed by atoms with Crippen molar-refractivity contribution >= 4 is 41.0 Å². The molecule has 10 nitrogen and oxygen atoms in total. The van der Waals surface area contributed by atoms with E-state index in [-0.39, 0.29) is 40.4 Å². The molecule has 0 radical (unpaired) electrons. The van der Waals surface area contributed by atoms with E-state index in [0.29, 0.717) is 26.0 Å². The second-order valence-electron chi connectivity index (χ2n) is 8.73. The van der Waals surface area contributed by atoms with Crippen molar-refractivity contribution in [1.82, 2.24) is 15.5 Å². The molecule has 2 aliphatic heterocycles. The van der Waals surface area contributed by atoms with E-state index >= 15 is 0 Å². The number of cyclic esters (lactones) is 1. The first-order chi connectivity index (χ1) is 16.1. The molecule has 0 saturated carbocycles. The van der Waals surface area contributed by atoms with Gasteiger partial charge in [0.2, 0.25) is 18.1 Å². The summed E-state index contributed by atoms with van der Waals surface area (Å²) in [7, 11) is 0. The van der Waals surface area contributed by atoms with Crippen LogP contribution in [-0.4, -0.2) is 66.2 Å². The molecule has 2 fully saturated rings. The van der Waals surface area contributed by atoms with Gasteiger partial charge in [-0.25, -0.2) is 0 Å². The minimum absolute atomic E-state index is 0.00269. The zero-order valence-electron chi connectivity index (χ0n) is 19.5. The Labute approximate surface area is 203 Å². The number of rotatable bonds is 8. The lowest BCUT2D eigenvalue weighted by Crippen LogP contribution is -2.56. The molecule has 4 atom stereocenters. The van der Waals surface area contributed by atoms with Gasteiger partial charge in [0.25, 0.3) is 5.91 Å². The number of nitrogen functional groups attached to an aromatic ring is 1. The van der Waals surface area contributed by atoms with E-state index in [1.54, 1.807) is 19.1 Å². The number of nitrogens with zero attached hydrogens (tertiary/aromatic N) is 1. The summed E-state index contributed by atoms with van der Waals surface area (Å²) >= 11 is 6.17. The van der Waals surface area contributed by atoms with Crippen LogP contribution in [0.5, 0.6) is 0 Å². The second-order valence-corrected chi connectivity index (χ2v) is 9.10. The summed E-state index contributed by atoms with van der Waals surface area (Å²) in [6.07, 6.45) is 0.261. The van der Waals surface area contributed by atoms with E-state index in [4.69, 9.17) is 26.8 Å². The largest absolute Gasteiger partial charge is 0.433 e. The second kappa shape index (κ2) is 11.1. The molecule has 0 unspecified atom stereocenters.